The van der Waals surface area contributed by atoms with Gasteiger partial charge in [-0.3, -0.25) is 0 Å². The number of aromatic nitrogens is 3. The average Bonchev–Trinajstić information content (AvgIpc) is 2.82. The van der Waals surface area contributed by atoms with Gasteiger partial charge in [-0.25, -0.2) is 9.07 Å². The largest absolute Gasteiger partial charge is 0.330 e. The second-order valence-electron chi connectivity index (χ2n) is 4.35. The summed E-state index contributed by atoms with van der Waals surface area (Å²) < 4.78 is 15.2. The van der Waals surface area contributed by atoms with Crippen LogP contribution in [0.25, 0.3) is 0 Å². The minimum atomic E-state index is -0.326. The van der Waals surface area contributed by atoms with E-state index in [9.17, 15) is 4.39 Å². The molecule has 1 aromatic carbocycles. The predicted molar refractivity (Wildman–Crippen MR) is 72.5 cm³/mol. The molecule has 0 fully saturated rings. The Balaban J connectivity index is 2.03. The van der Waals surface area contributed by atoms with Crippen LogP contribution >= 0.6 is 11.6 Å². The van der Waals surface area contributed by atoms with Crippen molar-refractivity contribution in [3.8, 4) is 0 Å². The van der Waals surface area contributed by atoms with E-state index in [1.165, 1.54) is 6.07 Å². The lowest BCUT2D eigenvalue weighted by molar-refractivity contribution is 0.577. The van der Waals surface area contributed by atoms with Crippen LogP contribution in [0.5, 0.6) is 0 Å². The summed E-state index contributed by atoms with van der Waals surface area (Å²) in [5, 5.41) is 8.44. The standard InChI is InChI=1S/C13H16ClFN4/c14-12-5-3-6-13(15)11(12)9-19-8-10(17-18-19)4-1-2-7-16/h3,5-6,8H,1-2,4,7,9,16H2. The van der Waals surface area contributed by atoms with E-state index in [4.69, 9.17) is 17.3 Å². The zero-order valence-electron chi connectivity index (χ0n) is 10.5. The predicted octanol–water partition coefficient (Wildman–Crippen LogP) is 2.40. The number of nitrogens with zero attached hydrogens (tertiary/aromatic N) is 3. The van der Waals surface area contributed by atoms with Crippen LogP contribution in [0.3, 0.4) is 0 Å². The topological polar surface area (TPSA) is 56.7 Å². The molecule has 0 radical (unpaired) electrons. The summed E-state index contributed by atoms with van der Waals surface area (Å²) in [5.41, 5.74) is 6.76. The second-order valence-corrected chi connectivity index (χ2v) is 4.76. The third-order valence-corrected chi connectivity index (χ3v) is 3.21. The first-order chi connectivity index (χ1) is 9.20. The van der Waals surface area contributed by atoms with Gasteiger partial charge in [-0.2, -0.15) is 0 Å². The molecule has 0 bridgehead atoms. The summed E-state index contributed by atoms with van der Waals surface area (Å²) in [4.78, 5) is 0. The van der Waals surface area contributed by atoms with Gasteiger partial charge in [0.05, 0.1) is 12.2 Å². The Bertz CT molecular complexity index is 521. The Morgan fingerprint density at radius 2 is 2.16 bits per heavy atom. The van der Waals surface area contributed by atoms with Gasteiger partial charge in [-0.05, 0) is 37.9 Å². The average molecular weight is 283 g/mol. The Morgan fingerprint density at radius 3 is 2.89 bits per heavy atom. The highest BCUT2D eigenvalue weighted by Gasteiger charge is 2.09. The molecule has 0 saturated carbocycles. The fourth-order valence-corrected chi connectivity index (χ4v) is 2.05. The first-order valence-electron chi connectivity index (χ1n) is 6.22. The molecule has 2 aromatic rings. The Labute approximate surface area is 116 Å². The molecule has 0 atom stereocenters. The quantitative estimate of drug-likeness (QED) is 0.828. The van der Waals surface area contributed by atoms with Crippen molar-refractivity contribution in [1.29, 1.82) is 0 Å². The van der Waals surface area contributed by atoms with Gasteiger partial charge in [0.1, 0.15) is 5.82 Å². The molecule has 0 aliphatic rings. The minimum absolute atomic E-state index is 0.287. The van der Waals surface area contributed by atoms with Crippen LogP contribution in [0.2, 0.25) is 5.02 Å². The van der Waals surface area contributed by atoms with Gasteiger partial charge in [-0.1, -0.05) is 22.9 Å². The van der Waals surface area contributed by atoms with Crippen LogP contribution in [0.15, 0.2) is 24.4 Å². The highest BCUT2D eigenvalue weighted by Crippen LogP contribution is 2.19. The fraction of sp³-hybridized carbons (Fsp3) is 0.385. The second kappa shape index (κ2) is 6.63. The normalized spacial score (nSPS) is 10.9. The van der Waals surface area contributed by atoms with Crippen molar-refractivity contribution in [2.75, 3.05) is 6.54 Å². The number of aryl methyl sites for hydroxylation is 1. The van der Waals surface area contributed by atoms with Gasteiger partial charge in [0, 0.05) is 16.8 Å². The summed E-state index contributed by atoms with van der Waals surface area (Å²) >= 11 is 5.97. The maximum atomic E-state index is 13.6. The number of rotatable bonds is 6. The fourth-order valence-electron chi connectivity index (χ4n) is 1.83. The number of unbranched alkanes of at least 4 members (excludes halogenated alkanes) is 1. The van der Waals surface area contributed by atoms with Gasteiger partial charge >= 0.3 is 0 Å². The van der Waals surface area contributed by atoms with E-state index in [2.05, 4.69) is 10.3 Å². The molecule has 102 valence electrons. The first kappa shape index (κ1) is 14.0. The van der Waals surface area contributed by atoms with E-state index in [1.807, 2.05) is 6.20 Å². The maximum Gasteiger partial charge on any atom is 0.129 e. The SMILES string of the molecule is NCCCCc1cn(Cc2c(F)cccc2Cl)nn1. The molecule has 2 N–H and O–H groups in total. The number of hydrogen-bond donors (Lipinski definition) is 1. The summed E-state index contributed by atoms with van der Waals surface area (Å²) in [5.74, 6) is -0.326. The highest BCUT2D eigenvalue weighted by atomic mass is 35.5. The Hall–Kier alpha value is -1.46. The van der Waals surface area contributed by atoms with Gasteiger partial charge in [0.2, 0.25) is 0 Å². The van der Waals surface area contributed by atoms with Crippen molar-refractivity contribution >= 4 is 11.6 Å². The van der Waals surface area contributed by atoms with Crippen molar-refractivity contribution in [3.63, 3.8) is 0 Å². The zero-order valence-corrected chi connectivity index (χ0v) is 11.3. The van der Waals surface area contributed by atoms with Crippen LogP contribution in [0.1, 0.15) is 24.1 Å². The van der Waals surface area contributed by atoms with Crippen LogP contribution in [-0.2, 0) is 13.0 Å². The lowest BCUT2D eigenvalue weighted by Crippen LogP contribution is -2.03. The van der Waals surface area contributed by atoms with Gasteiger partial charge in [0.15, 0.2) is 0 Å². The molecule has 2 rings (SSSR count). The number of benzene rings is 1. The molecule has 0 unspecified atom stereocenters. The molecular weight excluding hydrogens is 267 g/mol. The maximum absolute atomic E-state index is 13.6. The van der Waals surface area contributed by atoms with Crippen molar-refractivity contribution in [3.05, 3.63) is 46.5 Å². The summed E-state index contributed by atoms with van der Waals surface area (Å²) in [6.45, 7) is 0.967. The molecule has 19 heavy (non-hydrogen) atoms. The monoisotopic (exact) mass is 282 g/mol. The van der Waals surface area contributed by atoms with Crippen LogP contribution in [0, 0.1) is 5.82 Å². The Kier molecular flexibility index (Phi) is 4.87. The van der Waals surface area contributed by atoms with Crippen molar-refractivity contribution in [2.45, 2.75) is 25.8 Å². The van der Waals surface area contributed by atoms with Crippen LogP contribution < -0.4 is 5.73 Å². The Morgan fingerprint density at radius 1 is 1.32 bits per heavy atom. The molecule has 6 heteroatoms. The molecule has 0 aliphatic carbocycles. The molecule has 4 nitrogen and oxygen atoms in total. The molecule has 1 aromatic heterocycles. The van der Waals surface area contributed by atoms with Gasteiger partial charge in [-0.15, -0.1) is 5.10 Å². The van der Waals surface area contributed by atoms with Crippen LogP contribution in [-0.4, -0.2) is 21.5 Å². The number of nitrogens with two attached hydrogens (primary N) is 1. The van der Waals surface area contributed by atoms with E-state index in [0.717, 1.165) is 25.0 Å². The van der Waals surface area contributed by atoms with E-state index >= 15 is 0 Å². The lowest BCUT2D eigenvalue weighted by atomic mass is 10.2. The summed E-state index contributed by atoms with van der Waals surface area (Å²) in [6, 6.07) is 4.64. The first-order valence-corrected chi connectivity index (χ1v) is 6.60. The molecular formula is C13H16ClFN4. The molecule has 0 amide bonds. The lowest BCUT2D eigenvalue weighted by Gasteiger charge is -2.04. The van der Waals surface area contributed by atoms with Gasteiger partial charge < -0.3 is 5.73 Å². The van der Waals surface area contributed by atoms with Crippen LogP contribution in [0.4, 0.5) is 4.39 Å². The number of hydrogen-bond acceptors (Lipinski definition) is 3. The molecule has 0 aliphatic heterocycles. The number of halogens is 2. The summed E-state index contributed by atoms with van der Waals surface area (Å²) in [6.07, 6.45) is 4.60. The molecule has 0 saturated heterocycles. The molecule has 0 spiro atoms. The highest BCUT2D eigenvalue weighted by molar-refractivity contribution is 6.31. The third-order valence-electron chi connectivity index (χ3n) is 2.85. The van der Waals surface area contributed by atoms with Crippen molar-refractivity contribution in [1.82, 2.24) is 15.0 Å². The summed E-state index contributed by atoms with van der Waals surface area (Å²) in [7, 11) is 0. The molecule has 1 heterocycles. The minimum Gasteiger partial charge on any atom is -0.330 e. The van der Waals surface area contributed by atoms with E-state index in [0.29, 0.717) is 17.1 Å². The van der Waals surface area contributed by atoms with E-state index in [-0.39, 0.29) is 12.4 Å². The van der Waals surface area contributed by atoms with Gasteiger partial charge in [0.25, 0.3) is 0 Å². The van der Waals surface area contributed by atoms with Crippen molar-refractivity contribution in [2.24, 2.45) is 5.73 Å². The third kappa shape index (κ3) is 3.75. The van der Waals surface area contributed by atoms with E-state index in [1.54, 1.807) is 16.8 Å². The zero-order chi connectivity index (χ0) is 13.7. The smallest absolute Gasteiger partial charge is 0.129 e. The van der Waals surface area contributed by atoms with Crippen molar-refractivity contribution < 1.29 is 4.39 Å². The van der Waals surface area contributed by atoms with E-state index < -0.39 is 0 Å².